The van der Waals surface area contributed by atoms with Crippen molar-refractivity contribution in [3.8, 4) is 0 Å². The number of nitrogens with zero attached hydrogens (tertiary/aromatic N) is 2. The second-order valence-electron chi connectivity index (χ2n) is 4.28. The van der Waals surface area contributed by atoms with Crippen molar-refractivity contribution >= 4 is 17.4 Å². The number of nitro groups is 1. The van der Waals surface area contributed by atoms with Gasteiger partial charge in [-0.3, -0.25) is 14.9 Å². The minimum Gasteiger partial charge on any atom is -0.367 e. The molecule has 0 radical (unpaired) electrons. The Labute approximate surface area is 103 Å². The van der Waals surface area contributed by atoms with E-state index in [4.69, 9.17) is 11.5 Å². The Balaban J connectivity index is 2.23. The molecular formula is C10H13N5O3. The van der Waals surface area contributed by atoms with Gasteiger partial charge < -0.3 is 16.8 Å². The third-order valence-corrected chi connectivity index (χ3v) is 2.86. The van der Waals surface area contributed by atoms with E-state index < -0.39 is 10.8 Å². The molecule has 8 heteroatoms. The van der Waals surface area contributed by atoms with Gasteiger partial charge in [0.15, 0.2) is 0 Å². The fraction of sp³-hybridized carbons (Fsp3) is 0.400. The standard InChI is InChI=1S/C10H13N5O3/c11-5-1-6(2-5)14-10-8(9(12)16)3-7(4-13-10)15(17)18/h3-6H,1-2,11H2,(H2,12,16)(H,13,14). The largest absolute Gasteiger partial charge is 0.367 e. The van der Waals surface area contributed by atoms with Crippen molar-refractivity contribution in [2.75, 3.05) is 5.32 Å². The fourth-order valence-corrected chi connectivity index (χ4v) is 1.83. The van der Waals surface area contributed by atoms with Gasteiger partial charge in [-0.15, -0.1) is 0 Å². The second kappa shape index (κ2) is 4.57. The molecule has 0 spiro atoms. The summed E-state index contributed by atoms with van der Waals surface area (Å²) < 4.78 is 0. The van der Waals surface area contributed by atoms with Crippen LogP contribution in [0.1, 0.15) is 23.2 Å². The van der Waals surface area contributed by atoms with E-state index in [1.165, 1.54) is 0 Å². The molecule has 0 aromatic carbocycles. The Hall–Kier alpha value is -2.22. The molecule has 18 heavy (non-hydrogen) atoms. The first-order chi connectivity index (χ1) is 8.47. The smallest absolute Gasteiger partial charge is 0.288 e. The van der Waals surface area contributed by atoms with Crippen molar-refractivity contribution in [3.63, 3.8) is 0 Å². The molecule has 0 unspecified atom stereocenters. The number of rotatable bonds is 4. The van der Waals surface area contributed by atoms with Gasteiger partial charge in [-0.25, -0.2) is 4.98 Å². The summed E-state index contributed by atoms with van der Waals surface area (Å²) in [6.45, 7) is 0. The lowest BCUT2D eigenvalue weighted by Crippen LogP contribution is -2.44. The number of hydrogen-bond donors (Lipinski definition) is 3. The molecule has 96 valence electrons. The monoisotopic (exact) mass is 251 g/mol. The highest BCUT2D eigenvalue weighted by atomic mass is 16.6. The van der Waals surface area contributed by atoms with Crippen molar-refractivity contribution in [3.05, 3.63) is 27.9 Å². The minimum atomic E-state index is -0.752. The molecule has 0 aliphatic heterocycles. The fourth-order valence-electron chi connectivity index (χ4n) is 1.83. The van der Waals surface area contributed by atoms with Crippen molar-refractivity contribution in [1.29, 1.82) is 0 Å². The molecule has 1 aromatic heterocycles. The van der Waals surface area contributed by atoms with Crippen LogP contribution in [0, 0.1) is 10.1 Å². The van der Waals surface area contributed by atoms with E-state index in [0.717, 1.165) is 25.1 Å². The Bertz CT molecular complexity index is 498. The average Bonchev–Trinajstić information content (AvgIpc) is 2.26. The van der Waals surface area contributed by atoms with Crippen LogP contribution < -0.4 is 16.8 Å². The molecule has 1 saturated carbocycles. The quantitative estimate of drug-likeness (QED) is 0.508. The highest BCUT2D eigenvalue weighted by Gasteiger charge is 2.27. The molecule has 1 aromatic rings. The molecule has 8 nitrogen and oxygen atoms in total. The molecule has 0 atom stereocenters. The highest BCUT2D eigenvalue weighted by Crippen LogP contribution is 2.25. The maximum atomic E-state index is 11.2. The number of nitrogens with one attached hydrogen (secondary N) is 1. The summed E-state index contributed by atoms with van der Waals surface area (Å²) in [6, 6.07) is 1.40. The predicted octanol–water partition coefficient (Wildman–Crippen LogP) is -0.00970. The van der Waals surface area contributed by atoms with Gasteiger partial charge in [0, 0.05) is 18.2 Å². The van der Waals surface area contributed by atoms with Crippen LogP contribution in [0.2, 0.25) is 0 Å². The number of amides is 1. The lowest BCUT2D eigenvalue weighted by Gasteiger charge is -2.33. The van der Waals surface area contributed by atoms with Gasteiger partial charge in [0.2, 0.25) is 0 Å². The van der Waals surface area contributed by atoms with E-state index in [2.05, 4.69) is 10.3 Å². The van der Waals surface area contributed by atoms with Crippen molar-refractivity contribution in [2.24, 2.45) is 11.5 Å². The number of hydrogen-bond acceptors (Lipinski definition) is 6. The zero-order valence-electron chi connectivity index (χ0n) is 9.50. The van der Waals surface area contributed by atoms with Crippen LogP contribution in [0.3, 0.4) is 0 Å². The van der Waals surface area contributed by atoms with E-state index >= 15 is 0 Å². The Morgan fingerprint density at radius 1 is 1.56 bits per heavy atom. The van der Waals surface area contributed by atoms with Crippen LogP contribution in [0.4, 0.5) is 11.5 Å². The maximum absolute atomic E-state index is 11.2. The molecular weight excluding hydrogens is 238 g/mol. The number of aromatic nitrogens is 1. The van der Waals surface area contributed by atoms with Crippen LogP contribution in [-0.4, -0.2) is 27.9 Å². The SMILES string of the molecule is NC(=O)c1cc([N+](=O)[O-])cnc1NC1CC(N)C1. The normalized spacial score (nSPS) is 22.1. The number of primary amides is 1. The minimum absolute atomic E-state index is 0.0182. The molecule has 0 saturated heterocycles. The predicted molar refractivity (Wildman–Crippen MR) is 64.0 cm³/mol. The van der Waals surface area contributed by atoms with Gasteiger partial charge >= 0.3 is 0 Å². The Morgan fingerprint density at radius 2 is 2.22 bits per heavy atom. The molecule has 1 amide bonds. The first-order valence-corrected chi connectivity index (χ1v) is 5.43. The first kappa shape index (κ1) is 12.2. The van der Waals surface area contributed by atoms with Crippen LogP contribution in [0.5, 0.6) is 0 Å². The van der Waals surface area contributed by atoms with Gasteiger partial charge in [-0.05, 0) is 12.8 Å². The van der Waals surface area contributed by atoms with Crippen LogP contribution in [0.25, 0.3) is 0 Å². The van der Waals surface area contributed by atoms with Crippen LogP contribution in [0.15, 0.2) is 12.3 Å². The topological polar surface area (TPSA) is 137 Å². The van der Waals surface area contributed by atoms with Crippen LogP contribution >= 0.6 is 0 Å². The van der Waals surface area contributed by atoms with E-state index in [9.17, 15) is 14.9 Å². The van der Waals surface area contributed by atoms with Gasteiger partial charge in [-0.2, -0.15) is 0 Å². The number of carbonyl (C=O) groups is 1. The van der Waals surface area contributed by atoms with Gasteiger partial charge in [0.05, 0.1) is 10.5 Å². The zero-order valence-corrected chi connectivity index (χ0v) is 9.50. The van der Waals surface area contributed by atoms with Crippen molar-refractivity contribution in [2.45, 2.75) is 24.9 Å². The maximum Gasteiger partial charge on any atom is 0.288 e. The molecule has 0 bridgehead atoms. The lowest BCUT2D eigenvalue weighted by molar-refractivity contribution is -0.385. The molecule has 1 heterocycles. The number of anilines is 1. The van der Waals surface area contributed by atoms with E-state index in [1.807, 2.05) is 0 Å². The van der Waals surface area contributed by atoms with E-state index in [1.54, 1.807) is 0 Å². The first-order valence-electron chi connectivity index (χ1n) is 5.43. The van der Waals surface area contributed by atoms with E-state index in [0.29, 0.717) is 0 Å². The number of pyridine rings is 1. The summed E-state index contributed by atoms with van der Waals surface area (Å²) in [5.74, 6) is -0.484. The van der Waals surface area contributed by atoms with Crippen molar-refractivity contribution in [1.82, 2.24) is 4.98 Å². The molecule has 1 aliphatic carbocycles. The van der Waals surface area contributed by atoms with Gasteiger partial charge in [0.25, 0.3) is 11.6 Å². The molecule has 1 fully saturated rings. The lowest BCUT2D eigenvalue weighted by atomic mass is 9.87. The summed E-state index contributed by atoms with van der Waals surface area (Å²) in [5, 5.41) is 13.6. The van der Waals surface area contributed by atoms with Crippen molar-refractivity contribution < 1.29 is 9.72 Å². The van der Waals surface area contributed by atoms with Crippen LogP contribution in [-0.2, 0) is 0 Å². The number of nitrogens with two attached hydrogens (primary N) is 2. The average molecular weight is 251 g/mol. The summed E-state index contributed by atoms with van der Waals surface area (Å²) >= 11 is 0. The molecule has 2 rings (SSSR count). The summed E-state index contributed by atoms with van der Waals surface area (Å²) in [4.78, 5) is 25.1. The second-order valence-corrected chi connectivity index (χ2v) is 4.28. The number of carbonyl (C=O) groups excluding carboxylic acids is 1. The third-order valence-electron chi connectivity index (χ3n) is 2.86. The highest BCUT2D eigenvalue weighted by molar-refractivity contribution is 5.98. The summed E-state index contributed by atoms with van der Waals surface area (Å²) in [5.41, 5.74) is 10.6. The summed E-state index contributed by atoms with van der Waals surface area (Å²) in [7, 11) is 0. The zero-order chi connectivity index (χ0) is 13.3. The molecule has 1 aliphatic rings. The Morgan fingerprint density at radius 3 is 2.72 bits per heavy atom. The molecule has 5 N–H and O–H groups in total. The Kier molecular flexibility index (Phi) is 3.11. The third kappa shape index (κ3) is 2.38. The van der Waals surface area contributed by atoms with E-state index in [-0.39, 0.29) is 29.2 Å². The van der Waals surface area contributed by atoms with Gasteiger partial charge in [-0.1, -0.05) is 0 Å². The van der Waals surface area contributed by atoms with Gasteiger partial charge in [0.1, 0.15) is 12.0 Å². The summed E-state index contributed by atoms with van der Waals surface area (Å²) in [6.07, 6.45) is 2.64.